The molecule has 1 aliphatic heterocycles. The van der Waals surface area contributed by atoms with Gasteiger partial charge in [0.1, 0.15) is 0 Å². The van der Waals surface area contributed by atoms with E-state index in [-0.39, 0.29) is 0 Å². The van der Waals surface area contributed by atoms with E-state index in [1.165, 1.54) is 30.5 Å². The zero-order valence-corrected chi connectivity index (χ0v) is 12.2. The molecule has 0 spiro atoms. The van der Waals surface area contributed by atoms with Crippen LogP contribution >= 0.6 is 0 Å². The molecular formula is C16H22N4. The van der Waals surface area contributed by atoms with Crippen LogP contribution in [0.3, 0.4) is 0 Å². The SMILES string of the molecule is Cc1cnn(C[C@H]2CCCN2[C@@H](C)c2cccnc2)c1. The number of rotatable bonds is 4. The lowest BCUT2D eigenvalue weighted by atomic mass is 10.1. The van der Waals surface area contributed by atoms with E-state index in [1.54, 1.807) is 0 Å². The monoisotopic (exact) mass is 270 g/mol. The van der Waals surface area contributed by atoms with Crippen LogP contribution < -0.4 is 0 Å². The summed E-state index contributed by atoms with van der Waals surface area (Å²) in [5.41, 5.74) is 2.53. The lowest BCUT2D eigenvalue weighted by Gasteiger charge is -2.30. The van der Waals surface area contributed by atoms with E-state index < -0.39 is 0 Å². The second kappa shape index (κ2) is 5.75. The maximum absolute atomic E-state index is 4.42. The van der Waals surface area contributed by atoms with Gasteiger partial charge in [0.15, 0.2) is 0 Å². The first-order valence-electron chi connectivity index (χ1n) is 7.39. The van der Waals surface area contributed by atoms with Crippen LogP contribution in [0.1, 0.15) is 36.9 Å². The first kappa shape index (κ1) is 13.3. The van der Waals surface area contributed by atoms with Crippen molar-refractivity contribution < 1.29 is 0 Å². The second-order valence-electron chi connectivity index (χ2n) is 5.74. The van der Waals surface area contributed by atoms with Crippen molar-refractivity contribution >= 4 is 0 Å². The second-order valence-corrected chi connectivity index (χ2v) is 5.74. The van der Waals surface area contributed by atoms with Gasteiger partial charge in [0, 0.05) is 30.7 Å². The molecule has 0 radical (unpaired) electrons. The standard InChI is InChI=1S/C16H22N4/c1-13-9-18-19(11-13)12-16-6-4-8-20(16)14(2)15-5-3-7-17-10-15/h3,5,7,9-11,14,16H,4,6,8,12H2,1-2H3/t14-,16+/m0/s1. The van der Waals surface area contributed by atoms with Crippen LogP contribution in [-0.4, -0.2) is 32.3 Å². The molecule has 0 aliphatic carbocycles. The molecule has 1 aliphatic rings. The maximum atomic E-state index is 4.42. The summed E-state index contributed by atoms with van der Waals surface area (Å²) < 4.78 is 2.08. The van der Waals surface area contributed by atoms with Crippen LogP contribution in [0.15, 0.2) is 36.9 Å². The van der Waals surface area contributed by atoms with Crippen LogP contribution in [0.2, 0.25) is 0 Å². The fourth-order valence-electron chi connectivity index (χ4n) is 3.16. The molecule has 1 saturated heterocycles. The largest absolute Gasteiger partial charge is 0.292 e. The average Bonchev–Trinajstić information content (AvgIpc) is 3.09. The van der Waals surface area contributed by atoms with Gasteiger partial charge < -0.3 is 0 Å². The van der Waals surface area contributed by atoms with Crippen molar-refractivity contribution in [3.63, 3.8) is 0 Å². The molecule has 0 aromatic carbocycles. The van der Waals surface area contributed by atoms with E-state index in [2.05, 4.69) is 45.8 Å². The van der Waals surface area contributed by atoms with Crippen molar-refractivity contribution in [2.24, 2.45) is 0 Å². The molecule has 3 heterocycles. The van der Waals surface area contributed by atoms with E-state index >= 15 is 0 Å². The zero-order valence-electron chi connectivity index (χ0n) is 12.2. The minimum atomic E-state index is 0.424. The fraction of sp³-hybridized carbons (Fsp3) is 0.500. The van der Waals surface area contributed by atoms with Crippen LogP contribution in [-0.2, 0) is 6.54 Å². The Morgan fingerprint density at radius 2 is 2.30 bits per heavy atom. The maximum Gasteiger partial charge on any atom is 0.0565 e. The lowest BCUT2D eigenvalue weighted by molar-refractivity contribution is 0.173. The molecule has 2 atom stereocenters. The first-order valence-corrected chi connectivity index (χ1v) is 7.39. The molecule has 0 saturated carbocycles. The zero-order chi connectivity index (χ0) is 13.9. The quantitative estimate of drug-likeness (QED) is 0.856. The molecular weight excluding hydrogens is 248 g/mol. The smallest absolute Gasteiger partial charge is 0.0565 e. The van der Waals surface area contributed by atoms with Gasteiger partial charge in [0.2, 0.25) is 0 Å². The van der Waals surface area contributed by atoms with Crippen LogP contribution in [0.25, 0.3) is 0 Å². The number of pyridine rings is 1. The van der Waals surface area contributed by atoms with E-state index in [4.69, 9.17) is 0 Å². The Balaban J connectivity index is 1.72. The topological polar surface area (TPSA) is 34.0 Å². The van der Waals surface area contributed by atoms with Crippen molar-refractivity contribution in [3.05, 3.63) is 48.0 Å². The summed E-state index contributed by atoms with van der Waals surface area (Å²) in [5.74, 6) is 0. The number of hydrogen-bond donors (Lipinski definition) is 0. The Labute approximate surface area is 120 Å². The number of aromatic nitrogens is 3. The molecule has 4 heteroatoms. The van der Waals surface area contributed by atoms with E-state index in [0.29, 0.717) is 12.1 Å². The van der Waals surface area contributed by atoms with Crippen molar-refractivity contribution in [1.29, 1.82) is 0 Å². The highest BCUT2D eigenvalue weighted by molar-refractivity contribution is 5.14. The van der Waals surface area contributed by atoms with Gasteiger partial charge in [-0.15, -0.1) is 0 Å². The normalized spacial score (nSPS) is 21.2. The highest BCUT2D eigenvalue weighted by atomic mass is 15.3. The summed E-state index contributed by atoms with van der Waals surface area (Å²) >= 11 is 0. The van der Waals surface area contributed by atoms with Crippen LogP contribution in [0.5, 0.6) is 0 Å². The average molecular weight is 270 g/mol. The molecule has 0 unspecified atom stereocenters. The van der Waals surface area contributed by atoms with Gasteiger partial charge in [-0.3, -0.25) is 14.6 Å². The van der Waals surface area contributed by atoms with Gasteiger partial charge >= 0.3 is 0 Å². The van der Waals surface area contributed by atoms with Crippen molar-refractivity contribution in [3.8, 4) is 0 Å². The van der Waals surface area contributed by atoms with Gasteiger partial charge in [-0.25, -0.2) is 0 Å². The predicted molar refractivity (Wildman–Crippen MR) is 79.3 cm³/mol. The van der Waals surface area contributed by atoms with Crippen LogP contribution in [0.4, 0.5) is 0 Å². The third kappa shape index (κ3) is 2.75. The van der Waals surface area contributed by atoms with Crippen molar-refractivity contribution in [2.75, 3.05) is 6.54 Å². The third-order valence-corrected chi connectivity index (χ3v) is 4.25. The minimum absolute atomic E-state index is 0.424. The summed E-state index contributed by atoms with van der Waals surface area (Å²) in [6.07, 6.45) is 10.4. The Morgan fingerprint density at radius 3 is 3.00 bits per heavy atom. The Hall–Kier alpha value is -1.68. The summed E-state index contributed by atoms with van der Waals surface area (Å²) in [6, 6.07) is 5.19. The Bertz CT molecular complexity index is 549. The van der Waals surface area contributed by atoms with E-state index in [9.17, 15) is 0 Å². The van der Waals surface area contributed by atoms with E-state index in [0.717, 1.165) is 6.54 Å². The molecule has 0 N–H and O–H groups in total. The van der Waals surface area contributed by atoms with Gasteiger partial charge in [-0.2, -0.15) is 5.10 Å². The summed E-state index contributed by atoms with van der Waals surface area (Å²) in [6.45, 7) is 6.53. The molecule has 20 heavy (non-hydrogen) atoms. The molecule has 0 bridgehead atoms. The molecule has 2 aromatic heterocycles. The van der Waals surface area contributed by atoms with Crippen molar-refractivity contribution in [1.82, 2.24) is 19.7 Å². The first-order chi connectivity index (χ1) is 9.74. The molecule has 1 fully saturated rings. The third-order valence-electron chi connectivity index (χ3n) is 4.25. The number of likely N-dealkylation sites (tertiary alicyclic amines) is 1. The van der Waals surface area contributed by atoms with E-state index in [1.807, 2.05) is 24.7 Å². The fourth-order valence-corrected chi connectivity index (χ4v) is 3.16. The van der Waals surface area contributed by atoms with Crippen molar-refractivity contribution in [2.45, 2.75) is 45.3 Å². The van der Waals surface area contributed by atoms with Crippen LogP contribution in [0, 0.1) is 6.92 Å². The summed E-state index contributed by atoms with van der Waals surface area (Å²) in [7, 11) is 0. The lowest BCUT2D eigenvalue weighted by Crippen LogP contribution is -2.35. The number of nitrogens with zero attached hydrogens (tertiary/aromatic N) is 4. The molecule has 4 nitrogen and oxygen atoms in total. The molecule has 0 amide bonds. The highest BCUT2D eigenvalue weighted by Gasteiger charge is 2.29. The van der Waals surface area contributed by atoms with Gasteiger partial charge in [0.05, 0.1) is 12.7 Å². The van der Waals surface area contributed by atoms with Gasteiger partial charge in [0.25, 0.3) is 0 Å². The molecule has 2 aromatic rings. The number of aryl methyl sites for hydroxylation is 1. The Kier molecular flexibility index (Phi) is 3.83. The Morgan fingerprint density at radius 1 is 1.40 bits per heavy atom. The summed E-state index contributed by atoms with van der Waals surface area (Å²) in [5, 5.41) is 4.42. The van der Waals surface area contributed by atoms with Gasteiger partial charge in [-0.1, -0.05) is 6.07 Å². The number of hydrogen-bond acceptors (Lipinski definition) is 3. The summed E-state index contributed by atoms with van der Waals surface area (Å²) in [4.78, 5) is 6.84. The predicted octanol–water partition coefficient (Wildman–Crippen LogP) is 2.81. The van der Waals surface area contributed by atoms with Gasteiger partial charge in [-0.05, 0) is 50.4 Å². The molecule has 3 rings (SSSR count). The molecule has 106 valence electrons. The minimum Gasteiger partial charge on any atom is -0.292 e. The highest BCUT2D eigenvalue weighted by Crippen LogP contribution is 2.29.